The van der Waals surface area contributed by atoms with Crippen LogP contribution < -0.4 is 16.4 Å². The molecule has 154 valence electrons. The minimum Gasteiger partial charge on any atom is -0.459 e. The van der Waals surface area contributed by atoms with Crippen molar-refractivity contribution < 1.29 is 18.8 Å². The average Bonchev–Trinajstić information content (AvgIpc) is 3.28. The molecule has 1 saturated heterocycles. The van der Waals surface area contributed by atoms with E-state index in [0.717, 1.165) is 18.4 Å². The standard InChI is InChI=1S/C21H26N4O4/c1-14-6-7-15(12-17(14)24-20(27)18-5-3-11-29-18)21(28)25-10-2-4-16(13-25)19(26)23-9-8-22/h3,5-7,11-12,16H,2,4,8-10,13,22H2,1H3,(H,23,26)(H,24,27). The quantitative estimate of drug-likeness (QED) is 0.685. The zero-order chi connectivity index (χ0) is 20.8. The van der Waals surface area contributed by atoms with Gasteiger partial charge in [0.25, 0.3) is 11.8 Å². The lowest BCUT2D eigenvalue weighted by Gasteiger charge is -2.32. The number of furan rings is 1. The van der Waals surface area contributed by atoms with Crippen LogP contribution in [0.5, 0.6) is 0 Å². The first kappa shape index (κ1) is 20.6. The van der Waals surface area contributed by atoms with E-state index in [0.29, 0.717) is 37.4 Å². The monoisotopic (exact) mass is 398 g/mol. The summed E-state index contributed by atoms with van der Waals surface area (Å²) in [7, 11) is 0. The molecule has 0 spiro atoms. The van der Waals surface area contributed by atoms with E-state index in [1.54, 1.807) is 35.2 Å². The average molecular weight is 398 g/mol. The van der Waals surface area contributed by atoms with Crippen LogP contribution in [0.3, 0.4) is 0 Å². The van der Waals surface area contributed by atoms with Crippen LogP contribution in [0.25, 0.3) is 0 Å². The number of aryl methyl sites for hydroxylation is 1. The van der Waals surface area contributed by atoms with Crippen molar-refractivity contribution >= 4 is 23.4 Å². The largest absolute Gasteiger partial charge is 0.459 e. The molecule has 1 aliphatic rings. The highest BCUT2D eigenvalue weighted by Crippen LogP contribution is 2.22. The van der Waals surface area contributed by atoms with Crippen molar-refractivity contribution in [3.05, 3.63) is 53.5 Å². The Balaban J connectivity index is 1.70. The van der Waals surface area contributed by atoms with Gasteiger partial charge in [-0.05, 0) is 49.6 Å². The lowest BCUT2D eigenvalue weighted by molar-refractivity contribution is -0.126. The summed E-state index contributed by atoms with van der Waals surface area (Å²) in [6.07, 6.45) is 2.94. The Bertz CT molecular complexity index is 879. The maximum atomic E-state index is 13.0. The molecular weight excluding hydrogens is 372 g/mol. The third-order valence-corrected chi connectivity index (χ3v) is 5.00. The number of anilines is 1. The molecule has 1 fully saturated rings. The van der Waals surface area contributed by atoms with Gasteiger partial charge in [-0.2, -0.15) is 0 Å². The molecular formula is C21H26N4O4. The fourth-order valence-electron chi connectivity index (χ4n) is 3.38. The van der Waals surface area contributed by atoms with Gasteiger partial charge in [0.15, 0.2) is 5.76 Å². The molecule has 29 heavy (non-hydrogen) atoms. The summed E-state index contributed by atoms with van der Waals surface area (Å²) in [6.45, 7) is 3.64. The van der Waals surface area contributed by atoms with Gasteiger partial charge in [0, 0.05) is 37.4 Å². The van der Waals surface area contributed by atoms with Crippen molar-refractivity contribution in [3.63, 3.8) is 0 Å². The zero-order valence-corrected chi connectivity index (χ0v) is 16.4. The Morgan fingerprint density at radius 3 is 2.83 bits per heavy atom. The van der Waals surface area contributed by atoms with Gasteiger partial charge in [0.05, 0.1) is 12.2 Å². The van der Waals surface area contributed by atoms with Crippen molar-refractivity contribution in [2.45, 2.75) is 19.8 Å². The minimum atomic E-state index is -0.377. The number of hydrogen-bond acceptors (Lipinski definition) is 5. The Morgan fingerprint density at radius 2 is 2.10 bits per heavy atom. The number of rotatable bonds is 6. The molecule has 8 nitrogen and oxygen atoms in total. The summed E-state index contributed by atoms with van der Waals surface area (Å²) in [5.41, 5.74) is 7.28. The second-order valence-corrected chi connectivity index (χ2v) is 7.13. The van der Waals surface area contributed by atoms with Gasteiger partial charge in [0.1, 0.15) is 0 Å². The molecule has 1 unspecified atom stereocenters. The number of carbonyl (C=O) groups excluding carboxylic acids is 3. The van der Waals surface area contributed by atoms with Crippen LogP contribution in [-0.2, 0) is 4.79 Å². The predicted octanol–water partition coefficient (Wildman–Crippen LogP) is 1.77. The number of carbonyl (C=O) groups is 3. The number of piperidine rings is 1. The number of nitrogens with two attached hydrogens (primary N) is 1. The van der Waals surface area contributed by atoms with Gasteiger partial charge in [0.2, 0.25) is 5.91 Å². The van der Waals surface area contributed by atoms with Gasteiger partial charge < -0.3 is 25.7 Å². The molecule has 3 rings (SSSR count). The summed E-state index contributed by atoms with van der Waals surface area (Å²) in [4.78, 5) is 39.2. The van der Waals surface area contributed by atoms with Crippen molar-refractivity contribution in [2.75, 3.05) is 31.5 Å². The van der Waals surface area contributed by atoms with Crippen LogP contribution in [0.2, 0.25) is 0 Å². The molecule has 1 aromatic heterocycles. The third-order valence-electron chi connectivity index (χ3n) is 5.00. The van der Waals surface area contributed by atoms with Crippen molar-refractivity contribution in [2.24, 2.45) is 11.7 Å². The third kappa shape index (κ3) is 5.03. The van der Waals surface area contributed by atoms with E-state index in [2.05, 4.69) is 10.6 Å². The SMILES string of the molecule is Cc1ccc(C(=O)N2CCCC(C(=O)NCCN)C2)cc1NC(=O)c1ccco1. The summed E-state index contributed by atoms with van der Waals surface area (Å²) >= 11 is 0. The molecule has 0 radical (unpaired) electrons. The Hall–Kier alpha value is -3.13. The smallest absolute Gasteiger partial charge is 0.291 e. The molecule has 0 aliphatic carbocycles. The minimum absolute atomic E-state index is 0.0664. The first-order valence-corrected chi connectivity index (χ1v) is 9.72. The van der Waals surface area contributed by atoms with Gasteiger partial charge in [-0.15, -0.1) is 0 Å². The van der Waals surface area contributed by atoms with E-state index < -0.39 is 0 Å². The van der Waals surface area contributed by atoms with Crippen molar-refractivity contribution in [1.82, 2.24) is 10.2 Å². The highest BCUT2D eigenvalue weighted by Gasteiger charge is 2.29. The molecule has 0 bridgehead atoms. The summed E-state index contributed by atoms with van der Waals surface area (Å²) in [5, 5.41) is 5.58. The maximum Gasteiger partial charge on any atom is 0.291 e. The van der Waals surface area contributed by atoms with Crippen LogP contribution in [0.1, 0.15) is 39.3 Å². The second-order valence-electron chi connectivity index (χ2n) is 7.13. The second kappa shape index (κ2) is 9.38. The highest BCUT2D eigenvalue weighted by molar-refractivity contribution is 6.04. The van der Waals surface area contributed by atoms with Crippen LogP contribution >= 0.6 is 0 Å². The lowest BCUT2D eigenvalue weighted by atomic mass is 9.96. The van der Waals surface area contributed by atoms with E-state index in [1.165, 1.54) is 6.26 Å². The van der Waals surface area contributed by atoms with Crippen LogP contribution in [0, 0.1) is 12.8 Å². The van der Waals surface area contributed by atoms with Gasteiger partial charge >= 0.3 is 0 Å². The van der Waals surface area contributed by atoms with Crippen molar-refractivity contribution in [1.29, 1.82) is 0 Å². The molecule has 0 saturated carbocycles. The Labute approximate surface area is 169 Å². The molecule has 2 heterocycles. The first-order valence-electron chi connectivity index (χ1n) is 9.72. The Kier molecular flexibility index (Phi) is 6.66. The summed E-state index contributed by atoms with van der Waals surface area (Å²) in [5.74, 6) is -0.637. The molecule has 8 heteroatoms. The number of nitrogens with zero attached hydrogens (tertiary/aromatic N) is 1. The topological polar surface area (TPSA) is 118 Å². The van der Waals surface area contributed by atoms with Crippen LogP contribution in [0.4, 0.5) is 5.69 Å². The van der Waals surface area contributed by atoms with Gasteiger partial charge in [-0.25, -0.2) is 0 Å². The van der Waals surface area contributed by atoms with E-state index in [1.807, 2.05) is 6.92 Å². The number of hydrogen-bond donors (Lipinski definition) is 3. The molecule has 1 atom stereocenters. The molecule has 1 aliphatic heterocycles. The predicted molar refractivity (Wildman–Crippen MR) is 109 cm³/mol. The normalized spacial score (nSPS) is 16.3. The highest BCUT2D eigenvalue weighted by atomic mass is 16.3. The van der Waals surface area contributed by atoms with Gasteiger partial charge in [-0.3, -0.25) is 14.4 Å². The number of nitrogens with one attached hydrogen (secondary N) is 2. The molecule has 4 N–H and O–H groups in total. The van der Waals surface area contributed by atoms with E-state index >= 15 is 0 Å². The molecule has 3 amide bonds. The van der Waals surface area contributed by atoms with E-state index in [4.69, 9.17) is 10.2 Å². The fourth-order valence-corrected chi connectivity index (χ4v) is 3.38. The number of benzene rings is 1. The van der Waals surface area contributed by atoms with Crippen LogP contribution in [0.15, 0.2) is 41.0 Å². The lowest BCUT2D eigenvalue weighted by Crippen LogP contribution is -2.46. The first-order chi connectivity index (χ1) is 14.0. The maximum absolute atomic E-state index is 13.0. The Morgan fingerprint density at radius 1 is 1.28 bits per heavy atom. The summed E-state index contributed by atoms with van der Waals surface area (Å²) in [6, 6.07) is 8.40. The molecule has 2 aromatic rings. The summed E-state index contributed by atoms with van der Waals surface area (Å²) < 4.78 is 5.11. The number of amides is 3. The van der Waals surface area contributed by atoms with Gasteiger partial charge in [-0.1, -0.05) is 6.07 Å². The van der Waals surface area contributed by atoms with E-state index in [9.17, 15) is 14.4 Å². The fraction of sp³-hybridized carbons (Fsp3) is 0.381. The number of likely N-dealkylation sites (tertiary alicyclic amines) is 1. The van der Waals surface area contributed by atoms with E-state index in [-0.39, 0.29) is 29.4 Å². The van der Waals surface area contributed by atoms with Crippen molar-refractivity contribution in [3.8, 4) is 0 Å². The zero-order valence-electron chi connectivity index (χ0n) is 16.4. The molecule has 1 aromatic carbocycles. The van der Waals surface area contributed by atoms with Crippen LogP contribution in [-0.4, -0.2) is 48.8 Å².